The molecular weight excluding hydrogens is 388 g/mol. The maximum Gasteiger partial charge on any atom is 0.230 e. The zero-order valence-electron chi connectivity index (χ0n) is 17.4. The van der Waals surface area contributed by atoms with Gasteiger partial charge in [0.1, 0.15) is 0 Å². The molecule has 158 valence electrons. The number of aromatic nitrogens is 3. The summed E-state index contributed by atoms with van der Waals surface area (Å²) >= 11 is 1.45. The molecule has 29 heavy (non-hydrogen) atoms. The van der Waals surface area contributed by atoms with E-state index < -0.39 is 0 Å². The van der Waals surface area contributed by atoms with E-state index in [0.29, 0.717) is 29.8 Å². The molecule has 1 aromatic carbocycles. The van der Waals surface area contributed by atoms with Crippen molar-refractivity contribution in [2.75, 3.05) is 26.5 Å². The summed E-state index contributed by atoms with van der Waals surface area (Å²) in [5, 5.41) is 12.7. The summed E-state index contributed by atoms with van der Waals surface area (Å²) < 4.78 is 13.0. The lowest BCUT2D eigenvalue weighted by molar-refractivity contribution is -0.118. The van der Waals surface area contributed by atoms with Gasteiger partial charge in [0.2, 0.25) is 5.91 Å². The number of carbonyl (C=O) groups is 1. The van der Waals surface area contributed by atoms with Crippen molar-refractivity contribution >= 4 is 17.7 Å². The van der Waals surface area contributed by atoms with Gasteiger partial charge in [0.25, 0.3) is 0 Å². The second-order valence-electron chi connectivity index (χ2n) is 7.18. The highest BCUT2D eigenvalue weighted by atomic mass is 32.2. The van der Waals surface area contributed by atoms with Crippen molar-refractivity contribution in [2.24, 2.45) is 0 Å². The summed E-state index contributed by atoms with van der Waals surface area (Å²) in [6, 6.07) is 6.15. The smallest absolute Gasteiger partial charge is 0.230 e. The highest BCUT2D eigenvalue weighted by Gasteiger charge is 2.25. The molecule has 1 N–H and O–H groups in total. The molecule has 1 saturated carbocycles. The van der Waals surface area contributed by atoms with Crippen molar-refractivity contribution < 1.29 is 14.3 Å². The monoisotopic (exact) mass is 418 g/mol. The van der Waals surface area contributed by atoms with Gasteiger partial charge < -0.3 is 14.8 Å². The SMILES string of the molecule is CCCNC(=O)CSc1nnc(-c2ccc(OC)c(OC)c2)n1C1CCCCC1. The molecule has 8 heteroatoms. The van der Waals surface area contributed by atoms with E-state index in [1.165, 1.54) is 31.0 Å². The van der Waals surface area contributed by atoms with E-state index >= 15 is 0 Å². The van der Waals surface area contributed by atoms with Gasteiger partial charge in [-0.1, -0.05) is 37.9 Å². The minimum Gasteiger partial charge on any atom is -0.493 e. The van der Waals surface area contributed by atoms with Gasteiger partial charge in [-0.05, 0) is 37.5 Å². The van der Waals surface area contributed by atoms with Gasteiger partial charge >= 0.3 is 0 Å². The first-order valence-corrected chi connectivity index (χ1v) is 11.2. The fourth-order valence-corrected chi connectivity index (χ4v) is 4.50. The molecule has 1 fully saturated rings. The molecule has 1 aliphatic carbocycles. The number of nitrogens with one attached hydrogen (secondary N) is 1. The molecule has 1 aliphatic rings. The van der Waals surface area contributed by atoms with Gasteiger partial charge in [-0.15, -0.1) is 10.2 Å². The molecule has 1 amide bonds. The van der Waals surface area contributed by atoms with Gasteiger partial charge in [-0.3, -0.25) is 9.36 Å². The van der Waals surface area contributed by atoms with Crippen molar-refractivity contribution in [1.82, 2.24) is 20.1 Å². The van der Waals surface area contributed by atoms with E-state index in [-0.39, 0.29) is 5.91 Å². The van der Waals surface area contributed by atoms with Crippen molar-refractivity contribution in [2.45, 2.75) is 56.6 Å². The number of benzene rings is 1. The van der Waals surface area contributed by atoms with Crippen LogP contribution in [0.25, 0.3) is 11.4 Å². The average Bonchev–Trinajstić information content (AvgIpc) is 3.20. The van der Waals surface area contributed by atoms with E-state index in [1.807, 2.05) is 25.1 Å². The van der Waals surface area contributed by atoms with Crippen LogP contribution in [0.15, 0.2) is 23.4 Å². The third-order valence-electron chi connectivity index (χ3n) is 5.15. The quantitative estimate of drug-likeness (QED) is 0.618. The van der Waals surface area contributed by atoms with Crippen molar-refractivity contribution in [3.63, 3.8) is 0 Å². The Balaban J connectivity index is 1.90. The van der Waals surface area contributed by atoms with Gasteiger partial charge in [0.05, 0.1) is 20.0 Å². The van der Waals surface area contributed by atoms with Crippen LogP contribution in [-0.2, 0) is 4.79 Å². The Kier molecular flexibility index (Phi) is 7.80. The normalized spacial score (nSPS) is 14.6. The predicted octanol–water partition coefficient (Wildman–Crippen LogP) is 4.09. The number of methoxy groups -OCH3 is 2. The van der Waals surface area contributed by atoms with Gasteiger partial charge in [-0.25, -0.2) is 0 Å². The van der Waals surface area contributed by atoms with Crippen LogP contribution in [0.3, 0.4) is 0 Å². The van der Waals surface area contributed by atoms with Crippen LogP contribution in [0.5, 0.6) is 11.5 Å². The number of ether oxygens (including phenoxy) is 2. The minimum absolute atomic E-state index is 0.0303. The van der Waals surface area contributed by atoms with Gasteiger partial charge in [-0.2, -0.15) is 0 Å². The van der Waals surface area contributed by atoms with Crippen molar-refractivity contribution in [3.05, 3.63) is 18.2 Å². The largest absolute Gasteiger partial charge is 0.493 e. The summed E-state index contributed by atoms with van der Waals surface area (Å²) in [5.74, 6) is 2.53. The maximum absolute atomic E-state index is 12.1. The first-order chi connectivity index (χ1) is 14.2. The predicted molar refractivity (Wildman–Crippen MR) is 115 cm³/mol. The Morgan fingerprint density at radius 3 is 2.62 bits per heavy atom. The van der Waals surface area contributed by atoms with Crippen LogP contribution < -0.4 is 14.8 Å². The van der Waals surface area contributed by atoms with Crippen LogP contribution in [0.1, 0.15) is 51.5 Å². The molecule has 7 nitrogen and oxygen atoms in total. The van der Waals surface area contributed by atoms with E-state index in [0.717, 1.165) is 35.8 Å². The molecule has 0 bridgehead atoms. The lowest BCUT2D eigenvalue weighted by Crippen LogP contribution is -2.26. The summed E-state index contributed by atoms with van der Waals surface area (Å²) in [4.78, 5) is 12.1. The summed E-state index contributed by atoms with van der Waals surface area (Å²) in [6.07, 6.45) is 6.82. The molecule has 0 aliphatic heterocycles. The summed E-state index contributed by atoms with van der Waals surface area (Å²) in [6.45, 7) is 2.74. The molecule has 3 rings (SSSR count). The molecule has 0 atom stereocenters. The Morgan fingerprint density at radius 2 is 1.93 bits per heavy atom. The van der Waals surface area contributed by atoms with E-state index in [9.17, 15) is 4.79 Å². The highest BCUT2D eigenvalue weighted by molar-refractivity contribution is 7.99. The third-order valence-corrected chi connectivity index (χ3v) is 6.09. The number of amides is 1. The lowest BCUT2D eigenvalue weighted by atomic mass is 9.95. The number of nitrogens with zero attached hydrogens (tertiary/aromatic N) is 3. The fraction of sp³-hybridized carbons (Fsp3) is 0.571. The molecule has 1 heterocycles. The minimum atomic E-state index is 0.0303. The average molecular weight is 419 g/mol. The molecule has 0 saturated heterocycles. The van der Waals surface area contributed by atoms with Crippen molar-refractivity contribution in [1.29, 1.82) is 0 Å². The number of carbonyl (C=O) groups excluding carboxylic acids is 1. The summed E-state index contributed by atoms with van der Waals surface area (Å²) in [7, 11) is 3.25. The Hall–Kier alpha value is -2.22. The third kappa shape index (κ3) is 5.23. The Bertz CT molecular complexity index is 818. The molecule has 1 aromatic heterocycles. The first kappa shape index (κ1) is 21.5. The van der Waals surface area contributed by atoms with E-state index in [2.05, 4.69) is 20.1 Å². The summed E-state index contributed by atoms with van der Waals surface area (Å²) in [5.41, 5.74) is 0.933. The van der Waals surface area contributed by atoms with E-state index in [1.54, 1.807) is 14.2 Å². The second-order valence-corrected chi connectivity index (χ2v) is 8.12. The molecule has 0 unspecified atom stereocenters. The van der Waals surface area contributed by atoms with Crippen LogP contribution in [0.4, 0.5) is 0 Å². The number of rotatable bonds is 9. The van der Waals surface area contributed by atoms with Gasteiger partial charge in [0, 0.05) is 18.2 Å². The standard InChI is InChI=1S/C21H30N4O3S/c1-4-12-22-19(26)14-29-21-24-23-20(25(21)16-8-6-5-7-9-16)15-10-11-17(27-2)18(13-15)28-3/h10-11,13,16H,4-9,12,14H2,1-3H3,(H,22,26). The van der Waals surface area contributed by atoms with Gasteiger partial charge in [0.15, 0.2) is 22.5 Å². The fourth-order valence-electron chi connectivity index (χ4n) is 3.66. The molecule has 0 spiro atoms. The first-order valence-electron chi connectivity index (χ1n) is 10.2. The van der Waals surface area contributed by atoms with Crippen LogP contribution >= 0.6 is 11.8 Å². The zero-order chi connectivity index (χ0) is 20.6. The highest BCUT2D eigenvalue weighted by Crippen LogP contribution is 2.37. The maximum atomic E-state index is 12.1. The van der Waals surface area contributed by atoms with Crippen LogP contribution in [0, 0.1) is 0 Å². The second kappa shape index (κ2) is 10.5. The molecule has 2 aromatic rings. The van der Waals surface area contributed by atoms with Crippen LogP contribution in [0.2, 0.25) is 0 Å². The lowest BCUT2D eigenvalue weighted by Gasteiger charge is -2.25. The number of thioether (sulfide) groups is 1. The molecular formula is C21H30N4O3S. The van der Waals surface area contributed by atoms with Crippen molar-refractivity contribution in [3.8, 4) is 22.9 Å². The van der Waals surface area contributed by atoms with E-state index in [4.69, 9.17) is 9.47 Å². The Labute approximate surface area is 176 Å². The topological polar surface area (TPSA) is 78.3 Å². The Morgan fingerprint density at radius 1 is 1.17 bits per heavy atom. The zero-order valence-corrected chi connectivity index (χ0v) is 18.3. The molecule has 0 radical (unpaired) electrons. The van der Waals surface area contributed by atoms with Crippen LogP contribution in [-0.4, -0.2) is 47.2 Å². The number of hydrogen-bond donors (Lipinski definition) is 1. The number of hydrogen-bond acceptors (Lipinski definition) is 6.